The number of Topliss-reactive ketones (excluding diaryl/α,β-unsaturated/α-hetero) is 1. The van der Waals surface area contributed by atoms with Crippen LogP contribution < -0.4 is 27.3 Å². The van der Waals surface area contributed by atoms with Crippen LogP contribution in [0.3, 0.4) is 0 Å². The van der Waals surface area contributed by atoms with Crippen molar-refractivity contribution in [3.05, 3.63) is 32.6 Å². The van der Waals surface area contributed by atoms with Gasteiger partial charge in [-0.2, -0.15) is 11.8 Å². The van der Waals surface area contributed by atoms with Crippen molar-refractivity contribution in [3.63, 3.8) is 0 Å². The Kier molecular flexibility index (Phi) is 14.9. The molecule has 0 radical (unpaired) electrons. The lowest BCUT2D eigenvalue weighted by Gasteiger charge is -2.34. The molecular weight excluding hydrogens is 703 g/mol. The van der Waals surface area contributed by atoms with Gasteiger partial charge in [-0.3, -0.25) is 39.2 Å². The van der Waals surface area contributed by atoms with Crippen molar-refractivity contribution in [1.82, 2.24) is 30.6 Å². The summed E-state index contributed by atoms with van der Waals surface area (Å²) in [6.45, 7) is 1.31. The third kappa shape index (κ3) is 9.91. The Hall–Kier alpha value is -3.45. The van der Waals surface area contributed by atoms with Crippen LogP contribution in [-0.4, -0.2) is 108 Å². The zero-order valence-corrected chi connectivity index (χ0v) is 30.4. The summed E-state index contributed by atoms with van der Waals surface area (Å²) in [5, 5.41) is 36.3. The van der Waals surface area contributed by atoms with E-state index in [0.717, 1.165) is 42.2 Å². The Balaban J connectivity index is 1.53. The van der Waals surface area contributed by atoms with Gasteiger partial charge in [0.25, 0.3) is 5.56 Å². The topological polar surface area (TPSA) is 236 Å². The van der Waals surface area contributed by atoms with Gasteiger partial charge >= 0.3 is 11.7 Å². The minimum absolute atomic E-state index is 0.0658. The number of rotatable bonds is 20. The molecule has 1 unspecified atom stereocenters. The minimum atomic E-state index is -1.73. The number of urea groups is 1. The number of ketones is 1. The third-order valence-corrected chi connectivity index (χ3v) is 11.5. The number of hydrazine groups is 1. The second-order valence-corrected chi connectivity index (χ2v) is 14.9. The summed E-state index contributed by atoms with van der Waals surface area (Å²) >= 11 is 6.78. The van der Waals surface area contributed by atoms with E-state index in [1.807, 2.05) is 6.92 Å². The summed E-state index contributed by atoms with van der Waals surface area (Å²) in [4.78, 5) is 80.8. The van der Waals surface area contributed by atoms with Crippen LogP contribution in [0.1, 0.15) is 95.8 Å². The number of hydrogen-bond acceptors (Lipinski definition) is 12. The molecule has 4 heterocycles. The predicted molar refractivity (Wildman–Crippen MR) is 194 cm³/mol. The fraction of sp³-hybridized carbons (Fsp3) is 0.697. The zero-order valence-electron chi connectivity index (χ0n) is 28.8. The fourth-order valence-corrected chi connectivity index (χ4v) is 8.67. The molecule has 3 aliphatic heterocycles. The van der Waals surface area contributed by atoms with Crippen LogP contribution in [0.2, 0.25) is 0 Å². The summed E-state index contributed by atoms with van der Waals surface area (Å²) in [5.74, 6) is -0.452. The summed E-state index contributed by atoms with van der Waals surface area (Å²) in [6, 6.07) is 0.0217. The molecule has 4 rings (SSSR count). The van der Waals surface area contributed by atoms with Gasteiger partial charge in [-0.05, 0) is 43.7 Å². The molecule has 18 heteroatoms. The van der Waals surface area contributed by atoms with Crippen LogP contribution in [-0.2, 0) is 24.5 Å². The Bertz CT molecular complexity index is 1550. The van der Waals surface area contributed by atoms with Gasteiger partial charge in [0.2, 0.25) is 11.8 Å². The number of carbonyl (C=O) groups is 4. The van der Waals surface area contributed by atoms with Crippen molar-refractivity contribution >= 4 is 59.2 Å². The average molecular weight is 752 g/mol. The maximum atomic E-state index is 13.9. The fourth-order valence-electron chi connectivity index (χ4n) is 6.97. The van der Waals surface area contributed by atoms with Crippen LogP contribution in [0.4, 0.5) is 4.79 Å². The van der Waals surface area contributed by atoms with Crippen LogP contribution in [0.5, 0.6) is 0 Å². The number of aliphatic hydroxyl groups is 2. The summed E-state index contributed by atoms with van der Waals surface area (Å²) in [7, 11) is 0. The van der Waals surface area contributed by atoms with Crippen molar-refractivity contribution in [1.29, 1.82) is 5.41 Å². The van der Waals surface area contributed by atoms with Gasteiger partial charge in [-0.25, -0.2) is 9.59 Å². The molecular formula is C33H49N7O9S2. The first-order chi connectivity index (χ1) is 24.5. The maximum Gasteiger partial charge on any atom is 0.330 e. The van der Waals surface area contributed by atoms with Crippen molar-refractivity contribution in [2.24, 2.45) is 0 Å². The smallest absolute Gasteiger partial charge is 0.330 e. The average Bonchev–Trinajstić information content (AvgIpc) is 3.78. The Labute approximate surface area is 305 Å². The Morgan fingerprint density at radius 2 is 1.96 bits per heavy atom. The molecule has 3 aliphatic rings. The lowest BCUT2D eigenvalue weighted by Crippen LogP contribution is -2.51. The number of hydrogen-bond donors (Lipinski definition) is 7. The number of amides is 4. The second kappa shape index (κ2) is 18.9. The lowest BCUT2D eigenvalue weighted by atomic mass is 9.71. The van der Waals surface area contributed by atoms with Gasteiger partial charge in [0.05, 0.1) is 30.2 Å². The largest absolute Gasteiger partial charge is 0.394 e. The van der Waals surface area contributed by atoms with E-state index in [0.29, 0.717) is 12.8 Å². The molecule has 1 aromatic rings. The molecule has 0 aromatic carbocycles. The van der Waals surface area contributed by atoms with Crippen molar-refractivity contribution < 1.29 is 34.1 Å². The minimum Gasteiger partial charge on any atom is -0.394 e. The van der Waals surface area contributed by atoms with Gasteiger partial charge in [0, 0.05) is 55.0 Å². The number of unbranched alkanes of at least 4 members (excludes halogenated alkanes) is 3. The lowest BCUT2D eigenvalue weighted by molar-refractivity contribution is -0.142. The van der Waals surface area contributed by atoms with E-state index >= 15 is 0 Å². The molecule has 7 atom stereocenters. The highest BCUT2D eigenvalue weighted by atomic mass is 32.2. The molecule has 0 bridgehead atoms. The number of H-pyrrole nitrogens is 1. The number of fused-ring (bicyclic) bond motifs is 1. The van der Waals surface area contributed by atoms with Crippen LogP contribution in [0.25, 0.3) is 0 Å². The van der Waals surface area contributed by atoms with E-state index in [2.05, 4.69) is 21.0 Å². The maximum absolute atomic E-state index is 13.9. The highest BCUT2D eigenvalue weighted by Crippen LogP contribution is 2.35. The Morgan fingerprint density at radius 3 is 2.65 bits per heavy atom. The first kappa shape index (κ1) is 40.3. The van der Waals surface area contributed by atoms with Gasteiger partial charge < -0.3 is 31.0 Å². The molecule has 0 spiro atoms. The molecule has 3 saturated heterocycles. The van der Waals surface area contributed by atoms with Crippen molar-refractivity contribution in [2.45, 2.75) is 125 Å². The number of aliphatic hydroxyl groups excluding tert-OH is 2. The molecule has 7 N–H and O–H groups in total. The number of thioether (sulfide) groups is 1. The van der Waals surface area contributed by atoms with Gasteiger partial charge in [0.1, 0.15) is 18.1 Å². The van der Waals surface area contributed by atoms with Crippen LogP contribution >= 0.6 is 24.0 Å². The summed E-state index contributed by atoms with van der Waals surface area (Å²) < 4.78 is 6.68. The van der Waals surface area contributed by atoms with Gasteiger partial charge in [-0.15, -0.1) is 0 Å². The van der Waals surface area contributed by atoms with Gasteiger partial charge in [0.15, 0.2) is 0 Å². The number of aromatic nitrogens is 2. The number of aromatic amines is 1. The van der Waals surface area contributed by atoms with E-state index in [1.165, 1.54) is 16.6 Å². The quantitative estimate of drug-likeness (QED) is 0.0326. The number of ether oxygens (including phenoxy) is 1. The van der Waals surface area contributed by atoms with E-state index in [-0.39, 0.29) is 79.9 Å². The first-order valence-corrected chi connectivity index (χ1v) is 19.0. The molecule has 4 amide bonds. The predicted octanol–water partition coefficient (Wildman–Crippen LogP) is 0.970. The third-order valence-electron chi connectivity index (χ3n) is 9.83. The number of nitrogens with one attached hydrogen (secondary N) is 5. The molecule has 0 aliphatic carbocycles. The molecule has 3 fully saturated rings. The summed E-state index contributed by atoms with van der Waals surface area (Å²) in [5.41, 5.74) is -0.923. The van der Waals surface area contributed by atoms with Crippen molar-refractivity contribution in [2.75, 3.05) is 18.9 Å². The first-order valence-electron chi connectivity index (χ1n) is 17.5. The molecule has 16 nitrogen and oxygen atoms in total. The Morgan fingerprint density at radius 1 is 1.20 bits per heavy atom. The molecule has 0 saturated carbocycles. The number of thiocarbonyl (C=S) groups is 1. The number of nitrogens with zero attached hydrogens (tertiary/aromatic N) is 2. The van der Waals surface area contributed by atoms with Crippen LogP contribution in [0, 0.1) is 5.41 Å². The molecule has 1 aromatic heterocycles. The normalized spacial score (nSPS) is 25.0. The van der Waals surface area contributed by atoms with E-state index in [4.69, 9.17) is 22.4 Å². The van der Waals surface area contributed by atoms with Gasteiger partial charge in [-0.1, -0.05) is 38.4 Å². The zero-order chi connectivity index (χ0) is 37.1. The molecule has 282 valence electrons. The summed E-state index contributed by atoms with van der Waals surface area (Å²) in [6.07, 6.45) is 2.87. The standard InChI is InChI=1S/C33H49N7O9S2/c1-2-3-4-9-27(45)40(38-26(44)8-6-5-7-24-29-21(19-51-24)35-31(47)36-29)14-12-33(11-13-34,25(43)10-15-50)20-17-39(32(48)37-30(20)46)28-16-22(42)23(18-41)49-28/h13,15,17,21-24,28-29,34,41-42H,2-12,14,16,18-19H2,1H3,(H,38,44)(H2,35,36,47)(H,37,46,48)/t21-,22-,23+,24-,28+,29-,33?/m0/s1. The highest BCUT2D eigenvalue weighted by molar-refractivity contribution is 8.00. The number of carbonyl (C=O) groups excluding carboxylic acids is 4. The van der Waals surface area contributed by atoms with E-state index in [9.17, 15) is 39.0 Å². The van der Waals surface area contributed by atoms with E-state index < -0.39 is 53.4 Å². The second-order valence-electron chi connectivity index (χ2n) is 13.3. The van der Waals surface area contributed by atoms with Crippen LogP contribution in [0.15, 0.2) is 15.8 Å². The van der Waals surface area contributed by atoms with Crippen molar-refractivity contribution in [3.8, 4) is 0 Å². The SMILES string of the molecule is CCCCCC(=O)N(CCC(CC=N)(C(=O)CC=S)c1cn([C@H]2C[C@H](O)[C@@H](CO)O2)c(=O)[nH]c1=O)NC(=O)CCCC[C@@H]1SC[C@@H]2NC(=O)N[C@@H]21. The van der Waals surface area contributed by atoms with E-state index in [1.54, 1.807) is 11.8 Å². The molecule has 51 heavy (non-hydrogen) atoms. The monoisotopic (exact) mass is 751 g/mol. The highest BCUT2D eigenvalue weighted by Gasteiger charge is 2.44.